The fourth-order valence-electron chi connectivity index (χ4n) is 2.27. The van der Waals surface area contributed by atoms with E-state index >= 15 is 0 Å². The monoisotopic (exact) mass is 272 g/mol. The van der Waals surface area contributed by atoms with E-state index in [0.29, 0.717) is 27.8 Å². The summed E-state index contributed by atoms with van der Waals surface area (Å²) in [6, 6.07) is 1.82. The topological polar surface area (TPSA) is 26.3 Å². The van der Waals surface area contributed by atoms with Crippen LogP contribution in [0.3, 0.4) is 0 Å². The van der Waals surface area contributed by atoms with E-state index in [1.54, 1.807) is 7.11 Å². The summed E-state index contributed by atoms with van der Waals surface area (Å²) >= 11 is 12.2. The lowest BCUT2D eigenvalue weighted by Gasteiger charge is -2.18. The first-order valence-corrected chi connectivity index (χ1v) is 6.30. The van der Waals surface area contributed by atoms with Crippen LogP contribution in [0.1, 0.15) is 36.2 Å². The highest BCUT2D eigenvalue weighted by molar-refractivity contribution is 6.45. The minimum Gasteiger partial charge on any atom is -0.495 e. The maximum atomic E-state index is 12.3. The average Bonchev–Trinajstić information content (AvgIpc) is 2.57. The molecule has 0 spiro atoms. The molecule has 4 heteroatoms. The van der Waals surface area contributed by atoms with E-state index in [2.05, 4.69) is 0 Å². The second-order valence-electron chi connectivity index (χ2n) is 4.66. The van der Waals surface area contributed by atoms with Crippen LogP contribution in [0.2, 0.25) is 10.0 Å². The molecule has 2 nitrogen and oxygen atoms in total. The summed E-state index contributed by atoms with van der Waals surface area (Å²) in [5.41, 5.74) is 1.15. The maximum Gasteiger partial charge on any atom is 0.170 e. The first kappa shape index (κ1) is 12.7. The zero-order chi connectivity index (χ0) is 12.8. The molecule has 17 heavy (non-hydrogen) atoms. The van der Waals surface area contributed by atoms with Gasteiger partial charge < -0.3 is 4.74 Å². The van der Waals surface area contributed by atoms with E-state index in [1.165, 1.54) is 0 Å². The number of ether oxygens (including phenoxy) is 1. The van der Waals surface area contributed by atoms with Gasteiger partial charge in [0.15, 0.2) is 5.78 Å². The number of halogens is 2. The molecular weight excluding hydrogens is 259 g/mol. The van der Waals surface area contributed by atoms with Crippen molar-refractivity contribution in [3.63, 3.8) is 0 Å². The minimum atomic E-state index is -0.359. The van der Waals surface area contributed by atoms with Crippen LogP contribution in [-0.2, 0) is 6.42 Å². The molecule has 92 valence electrons. The minimum absolute atomic E-state index is 0.0875. The predicted molar refractivity (Wildman–Crippen MR) is 69.4 cm³/mol. The van der Waals surface area contributed by atoms with Crippen LogP contribution in [-0.4, -0.2) is 12.9 Å². The summed E-state index contributed by atoms with van der Waals surface area (Å²) in [7, 11) is 1.54. The molecule has 0 N–H and O–H groups in total. The number of ketones is 1. The van der Waals surface area contributed by atoms with Gasteiger partial charge in [0, 0.05) is 11.0 Å². The molecule has 1 atom stereocenters. The van der Waals surface area contributed by atoms with Gasteiger partial charge in [0.2, 0.25) is 0 Å². The lowest BCUT2D eigenvalue weighted by atomic mass is 9.83. The Labute approximate surface area is 111 Å². The van der Waals surface area contributed by atoms with Crippen LogP contribution < -0.4 is 4.74 Å². The van der Waals surface area contributed by atoms with Crippen molar-refractivity contribution in [3.05, 3.63) is 27.2 Å². The Morgan fingerprint density at radius 3 is 2.59 bits per heavy atom. The lowest BCUT2D eigenvalue weighted by molar-refractivity contribution is 0.0837. The Bertz CT molecular complexity index is 497. The van der Waals surface area contributed by atoms with Crippen LogP contribution >= 0.6 is 23.2 Å². The number of Topliss-reactive ketones (excluding diaryl/α,β-unsaturated/α-hetero) is 1. The zero-order valence-electron chi connectivity index (χ0n) is 10.1. The number of benzene rings is 1. The SMILES string of the molecule is CCC1(C)Cc2cc(OC)c(Cl)c(Cl)c2C1=O. The molecule has 1 aromatic carbocycles. The smallest absolute Gasteiger partial charge is 0.170 e. The van der Waals surface area contributed by atoms with Gasteiger partial charge in [0.25, 0.3) is 0 Å². The average molecular weight is 273 g/mol. The van der Waals surface area contributed by atoms with Gasteiger partial charge in [-0.25, -0.2) is 0 Å². The van der Waals surface area contributed by atoms with E-state index in [0.717, 1.165) is 12.0 Å². The third-order valence-corrected chi connectivity index (χ3v) is 4.46. The predicted octanol–water partition coefficient (Wildman–Crippen LogP) is 4.16. The summed E-state index contributed by atoms with van der Waals surface area (Å²) in [5.74, 6) is 0.619. The number of methoxy groups -OCH3 is 1. The van der Waals surface area contributed by atoms with Crippen molar-refractivity contribution in [1.82, 2.24) is 0 Å². The molecule has 0 fully saturated rings. The Hall–Kier alpha value is -0.730. The first-order chi connectivity index (χ1) is 7.94. The van der Waals surface area contributed by atoms with E-state index < -0.39 is 0 Å². The lowest BCUT2D eigenvalue weighted by Crippen LogP contribution is -2.22. The highest BCUT2D eigenvalue weighted by Gasteiger charge is 2.42. The molecule has 0 amide bonds. The zero-order valence-corrected chi connectivity index (χ0v) is 11.6. The Morgan fingerprint density at radius 2 is 2.06 bits per heavy atom. The summed E-state index contributed by atoms with van der Waals surface area (Å²) < 4.78 is 5.16. The van der Waals surface area contributed by atoms with E-state index in [9.17, 15) is 4.79 Å². The molecule has 0 aliphatic heterocycles. The van der Waals surface area contributed by atoms with E-state index in [-0.39, 0.29) is 11.2 Å². The van der Waals surface area contributed by atoms with Gasteiger partial charge >= 0.3 is 0 Å². The summed E-state index contributed by atoms with van der Waals surface area (Å²) in [6.07, 6.45) is 1.49. The highest BCUT2D eigenvalue weighted by Crippen LogP contribution is 2.47. The van der Waals surface area contributed by atoms with Crippen molar-refractivity contribution in [2.45, 2.75) is 26.7 Å². The van der Waals surface area contributed by atoms with Crippen molar-refractivity contribution in [3.8, 4) is 5.75 Å². The highest BCUT2D eigenvalue weighted by atomic mass is 35.5. The number of hydrogen-bond donors (Lipinski definition) is 0. The van der Waals surface area contributed by atoms with Gasteiger partial charge in [-0.3, -0.25) is 4.79 Å². The number of carbonyl (C=O) groups excluding carboxylic acids is 1. The number of fused-ring (bicyclic) bond motifs is 1. The van der Waals surface area contributed by atoms with Crippen molar-refractivity contribution in [1.29, 1.82) is 0 Å². The molecule has 0 saturated heterocycles. The summed E-state index contributed by atoms with van der Waals surface area (Å²) in [6.45, 7) is 3.97. The third-order valence-electron chi connectivity index (χ3n) is 3.61. The van der Waals surface area contributed by atoms with Crippen LogP contribution in [0, 0.1) is 5.41 Å². The molecule has 0 aromatic heterocycles. The Morgan fingerprint density at radius 1 is 1.41 bits per heavy atom. The largest absolute Gasteiger partial charge is 0.495 e. The Kier molecular flexibility index (Phi) is 3.13. The van der Waals surface area contributed by atoms with E-state index in [1.807, 2.05) is 19.9 Å². The van der Waals surface area contributed by atoms with Gasteiger partial charge in [-0.2, -0.15) is 0 Å². The molecular formula is C13H14Cl2O2. The second-order valence-corrected chi connectivity index (χ2v) is 5.42. The summed E-state index contributed by atoms with van der Waals surface area (Å²) in [4.78, 5) is 12.3. The van der Waals surface area contributed by atoms with Crippen molar-refractivity contribution in [2.75, 3.05) is 7.11 Å². The molecule has 1 aromatic rings. The van der Waals surface area contributed by atoms with Crippen molar-refractivity contribution in [2.24, 2.45) is 5.41 Å². The second kappa shape index (κ2) is 4.18. The van der Waals surface area contributed by atoms with Crippen LogP contribution in [0.4, 0.5) is 0 Å². The van der Waals surface area contributed by atoms with Crippen LogP contribution in [0.15, 0.2) is 6.07 Å². The molecule has 1 unspecified atom stereocenters. The standard InChI is InChI=1S/C13H14Cl2O2/c1-4-13(2)6-7-5-8(17-3)10(14)11(15)9(7)12(13)16/h5H,4,6H2,1-3H3. The van der Waals surface area contributed by atoms with Crippen LogP contribution in [0.5, 0.6) is 5.75 Å². The fourth-order valence-corrected chi connectivity index (χ4v) is 2.80. The first-order valence-electron chi connectivity index (χ1n) is 5.54. The molecule has 0 saturated carbocycles. The molecule has 1 aliphatic carbocycles. The number of hydrogen-bond acceptors (Lipinski definition) is 2. The Balaban J connectivity index is 2.64. The van der Waals surface area contributed by atoms with Crippen molar-refractivity contribution < 1.29 is 9.53 Å². The fraction of sp³-hybridized carbons (Fsp3) is 0.462. The van der Waals surface area contributed by atoms with Gasteiger partial charge in [0.05, 0.1) is 12.1 Å². The van der Waals surface area contributed by atoms with Gasteiger partial charge in [-0.05, 0) is 24.5 Å². The van der Waals surface area contributed by atoms with E-state index in [4.69, 9.17) is 27.9 Å². The van der Waals surface area contributed by atoms with Crippen molar-refractivity contribution >= 4 is 29.0 Å². The molecule has 2 rings (SSSR count). The molecule has 0 radical (unpaired) electrons. The third kappa shape index (κ3) is 1.74. The maximum absolute atomic E-state index is 12.3. The van der Waals surface area contributed by atoms with Gasteiger partial charge in [-0.15, -0.1) is 0 Å². The quantitative estimate of drug-likeness (QED) is 0.808. The van der Waals surface area contributed by atoms with Crippen LogP contribution in [0.25, 0.3) is 0 Å². The number of carbonyl (C=O) groups is 1. The summed E-state index contributed by atoms with van der Waals surface area (Å²) in [5, 5.41) is 0.643. The number of rotatable bonds is 2. The van der Waals surface area contributed by atoms with Gasteiger partial charge in [-0.1, -0.05) is 37.0 Å². The van der Waals surface area contributed by atoms with Gasteiger partial charge in [0.1, 0.15) is 10.8 Å². The normalized spacial score (nSPS) is 22.8. The molecule has 0 bridgehead atoms. The molecule has 1 aliphatic rings. The molecule has 0 heterocycles.